The monoisotopic (exact) mass is 300 g/mol. The van der Waals surface area contributed by atoms with Crippen LogP contribution in [0.5, 0.6) is 0 Å². The molecule has 2 rings (SSSR count). The Morgan fingerprint density at radius 3 is 2.55 bits per heavy atom. The Kier molecular flexibility index (Phi) is 4.47. The molecule has 0 fully saturated rings. The lowest BCUT2D eigenvalue weighted by atomic mass is 9.99. The van der Waals surface area contributed by atoms with Gasteiger partial charge in [0.25, 0.3) is 11.6 Å². The van der Waals surface area contributed by atoms with Gasteiger partial charge in [0.2, 0.25) is 0 Å². The molecule has 22 heavy (non-hydrogen) atoms. The fourth-order valence-electron chi connectivity index (χ4n) is 1.97. The number of carboxylic acids is 1. The van der Waals surface area contributed by atoms with Crippen LogP contribution in [-0.4, -0.2) is 28.5 Å². The van der Waals surface area contributed by atoms with E-state index in [9.17, 15) is 19.7 Å². The molecule has 0 aromatic heterocycles. The van der Waals surface area contributed by atoms with E-state index < -0.39 is 23.3 Å². The summed E-state index contributed by atoms with van der Waals surface area (Å²) in [6.07, 6.45) is 0. The summed E-state index contributed by atoms with van der Waals surface area (Å²) in [6, 6.07) is 12.4. The number of hydrogen-bond acceptors (Lipinski definition) is 4. The zero-order chi connectivity index (χ0) is 16.1. The number of nitro groups is 1. The van der Waals surface area contributed by atoms with Crippen molar-refractivity contribution in [3.05, 3.63) is 64.2 Å². The summed E-state index contributed by atoms with van der Waals surface area (Å²) in [4.78, 5) is 32.9. The van der Waals surface area contributed by atoms with Crippen molar-refractivity contribution in [1.82, 2.24) is 5.32 Å². The highest BCUT2D eigenvalue weighted by atomic mass is 16.6. The minimum absolute atomic E-state index is 0.0850. The topological polar surface area (TPSA) is 110 Å². The fraction of sp³-hybridized carbons (Fsp3) is 0.0667. The number of amides is 1. The van der Waals surface area contributed by atoms with Gasteiger partial charge < -0.3 is 10.4 Å². The zero-order valence-electron chi connectivity index (χ0n) is 11.4. The molecule has 1 amide bonds. The van der Waals surface area contributed by atoms with Crippen LogP contribution in [0.3, 0.4) is 0 Å². The van der Waals surface area contributed by atoms with E-state index in [2.05, 4.69) is 5.32 Å². The third-order valence-corrected chi connectivity index (χ3v) is 2.94. The van der Waals surface area contributed by atoms with E-state index in [0.29, 0.717) is 11.1 Å². The van der Waals surface area contributed by atoms with E-state index in [1.54, 1.807) is 24.3 Å². The van der Waals surface area contributed by atoms with Crippen LogP contribution in [0, 0.1) is 10.1 Å². The third-order valence-electron chi connectivity index (χ3n) is 2.94. The first kappa shape index (κ1) is 15.2. The van der Waals surface area contributed by atoms with E-state index in [0.717, 1.165) is 0 Å². The maximum atomic E-state index is 12.1. The van der Waals surface area contributed by atoms with Crippen LogP contribution in [-0.2, 0) is 4.79 Å². The van der Waals surface area contributed by atoms with Crippen LogP contribution in [0.15, 0.2) is 48.5 Å². The molecule has 0 saturated carbocycles. The van der Waals surface area contributed by atoms with E-state index >= 15 is 0 Å². The predicted octanol–water partition coefficient (Wildman–Crippen LogP) is 2.08. The largest absolute Gasteiger partial charge is 0.480 e. The Hall–Kier alpha value is -3.22. The average Bonchev–Trinajstić information content (AvgIpc) is 2.52. The molecular formula is C15H12N2O5. The Morgan fingerprint density at radius 1 is 1.14 bits per heavy atom. The molecule has 0 aliphatic heterocycles. The molecule has 2 N–H and O–H groups in total. The first-order valence-electron chi connectivity index (χ1n) is 6.33. The Bertz CT molecular complexity index is 742. The van der Waals surface area contributed by atoms with Crippen LogP contribution in [0.25, 0.3) is 11.1 Å². The smallest absolute Gasteiger partial charge is 0.322 e. The van der Waals surface area contributed by atoms with Gasteiger partial charge in [-0.15, -0.1) is 0 Å². The number of aliphatic carboxylic acids is 1. The predicted molar refractivity (Wildman–Crippen MR) is 78.5 cm³/mol. The molecule has 0 aliphatic carbocycles. The zero-order valence-corrected chi connectivity index (χ0v) is 11.4. The van der Waals surface area contributed by atoms with Crippen molar-refractivity contribution in [2.45, 2.75) is 0 Å². The van der Waals surface area contributed by atoms with Crippen molar-refractivity contribution in [2.75, 3.05) is 6.54 Å². The minimum Gasteiger partial charge on any atom is -0.480 e. The Labute approximate surface area is 125 Å². The van der Waals surface area contributed by atoms with Gasteiger partial charge >= 0.3 is 5.97 Å². The second-order valence-corrected chi connectivity index (χ2v) is 4.43. The fourth-order valence-corrected chi connectivity index (χ4v) is 1.97. The van der Waals surface area contributed by atoms with Crippen LogP contribution in [0.2, 0.25) is 0 Å². The second-order valence-electron chi connectivity index (χ2n) is 4.43. The Balaban J connectivity index is 2.40. The van der Waals surface area contributed by atoms with Gasteiger partial charge in [0, 0.05) is 17.7 Å². The van der Waals surface area contributed by atoms with Crippen LogP contribution in [0.4, 0.5) is 5.69 Å². The lowest BCUT2D eigenvalue weighted by Crippen LogP contribution is -2.29. The molecule has 7 nitrogen and oxygen atoms in total. The third kappa shape index (κ3) is 3.45. The van der Waals surface area contributed by atoms with Crippen LogP contribution >= 0.6 is 0 Å². The molecule has 112 valence electrons. The average molecular weight is 300 g/mol. The summed E-state index contributed by atoms with van der Waals surface area (Å²) in [5, 5.41) is 21.7. The maximum absolute atomic E-state index is 12.1. The summed E-state index contributed by atoms with van der Waals surface area (Å²) < 4.78 is 0. The number of carboxylic acid groups (broad SMARTS) is 1. The van der Waals surface area contributed by atoms with Crippen molar-refractivity contribution in [1.29, 1.82) is 0 Å². The molecule has 2 aromatic carbocycles. The summed E-state index contributed by atoms with van der Waals surface area (Å²) >= 11 is 0. The summed E-state index contributed by atoms with van der Waals surface area (Å²) in [5.74, 6) is -1.70. The highest BCUT2D eigenvalue weighted by molar-refractivity contribution is 6.01. The van der Waals surface area contributed by atoms with E-state index in [4.69, 9.17) is 5.11 Å². The van der Waals surface area contributed by atoms with Gasteiger partial charge in [-0.25, -0.2) is 0 Å². The minimum atomic E-state index is -1.15. The molecular weight excluding hydrogens is 288 g/mol. The van der Waals surface area contributed by atoms with Crippen molar-refractivity contribution in [3.63, 3.8) is 0 Å². The molecule has 0 unspecified atom stereocenters. The van der Waals surface area contributed by atoms with E-state index in [1.807, 2.05) is 0 Å². The van der Waals surface area contributed by atoms with Crippen molar-refractivity contribution in [2.24, 2.45) is 0 Å². The highest BCUT2D eigenvalue weighted by Crippen LogP contribution is 2.26. The standard InChI is InChI=1S/C15H12N2O5/c18-14(19)9-16-15(20)13-7-2-1-6-12(13)10-4-3-5-11(8-10)17(21)22/h1-8H,9H2,(H,16,20)(H,18,19). The number of carbonyl (C=O) groups excluding carboxylic acids is 1. The number of carbonyl (C=O) groups is 2. The molecule has 0 aliphatic rings. The molecule has 7 heteroatoms. The van der Waals surface area contributed by atoms with E-state index in [-0.39, 0.29) is 11.3 Å². The molecule has 0 saturated heterocycles. The summed E-state index contributed by atoms with van der Waals surface area (Å²) in [6.45, 7) is -0.498. The van der Waals surface area contributed by atoms with Gasteiger partial charge in [-0.1, -0.05) is 30.3 Å². The van der Waals surface area contributed by atoms with E-state index in [1.165, 1.54) is 24.3 Å². The molecule has 2 aromatic rings. The number of nitro benzene ring substituents is 1. The lowest BCUT2D eigenvalue weighted by molar-refractivity contribution is -0.384. The van der Waals surface area contributed by atoms with Crippen molar-refractivity contribution in [3.8, 4) is 11.1 Å². The normalized spacial score (nSPS) is 10.0. The first-order chi connectivity index (χ1) is 10.5. The number of benzene rings is 2. The lowest BCUT2D eigenvalue weighted by Gasteiger charge is -2.09. The Morgan fingerprint density at radius 2 is 1.86 bits per heavy atom. The van der Waals surface area contributed by atoms with Gasteiger partial charge in [0.05, 0.1) is 4.92 Å². The summed E-state index contributed by atoms with van der Waals surface area (Å²) in [5.41, 5.74) is 1.17. The number of rotatable bonds is 5. The second kappa shape index (κ2) is 6.49. The van der Waals surface area contributed by atoms with Gasteiger partial charge in [-0.3, -0.25) is 19.7 Å². The van der Waals surface area contributed by atoms with Crippen LogP contribution in [0.1, 0.15) is 10.4 Å². The molecule has 0 radical (unpaired) electrons. The van der Waals surface area contributed by atoms with Crippen molar-refractivity contribution < 1.29 is 19.6 Å². The molecule has 0 heterocycles. The first-order valence-corrected chi connectivity index (χ1v) is 6.33. The van der Waals surface area contributed by atoms with Gasteiger partial charge in [0.15, 0.2) is 0 Å². The highest BCUT2D eigenvalue weighted by Gasteiger charge is 2.15. The number of non-ortho nitro benzene ring substituents is 1. The summed E-state index contributed by atoms with van der Waals surface area (Å²) in [7, 11) is 0. The van der Waals surface area contributed by atoms with Gasteiger partial charge in [0.1, 0.15) is 6.54 Å². The maximum Gasteiger partial charge on any atom is 0.322 e. The van der Waals surface area contributed by atoms with Gasteiger partial charge in [-0.05, 0) is 17.2 Å². The number of nitrogens with one attached hydrogen (secondary N) is 1. The quantitative estimate of drug-likeness (QED) is 0.649. The van der Waals surface area contributed by atoms with Crippen molar-refractivity contribution >= 4 is 17.6 Å². The molecule has 0 atom stereocenters. The SMILES string of the molecule is O=C(O)CNC(=O)c1ccccc1-c1cccc([N+](=O)[O-])c1. The number of hydrogen-bond donors (Lipinski definition) is 2. The molecule has 0 bridgehead atoms. The van der Waals surface area contributed by atoms with Gasteiger partial charge in [-0.2, -0.15) is 0 Å². The van der Waals surface area contributed by atoms with Crippen LogP contribution < -0.4 is 5.32 Å². The number of nitrogens with zero attached hydrogens (tertiary/aromatic N) is 1. The molecule has 0 spiro atoms.